The molecule has 0 aliphatic heterocycles. The number of nitrogens with zero attached hydrogens (tertiary/aromatic N) is 2. The molecule has 0 radical (unpaired) electrons. The number of rotatable bonds is 4. The molecule has 1 aromatic heterocycles. The Bertz CT molecular complexity index is 493. The summed E-state index contributed by atoms with van der Waals surface area (Å²) in [4.78, 5) is 13.1. The smallest absolute Gasteiger partial charge is 0.265 e. The monoisotopic (exact) mass is 296 g/mol. The van der Waals surface area contributed by atoms with Gasteiger partial charge in [0.25, 0.3) is 5.91 Å². The van der Waals surface area contributed by atoms with Gasteiger partial charge in [-0.05, 0) is 18.0 Å². The maximum absolute atomic E-state index is 12.5. The Kier molecular flexibility index (Phi) is 3.90. The Morgan fingerprint density at radius 1 is 1.35 bits per heavy atom. The number of carbonyl (C=O) groups excluding carboxylic acids is 1. The lowest BCUT2D eigenvalue weighted by Crippen LogP contribution is -2.76. The molecule has 6 heteroatoms. The third-order valence-corrected chi connectivity index (χ3v) is 5.38. The van der Waals surface area contributed by atoms with Gasteiger partial charge in [0, 0.05) is 22.9 Å². The average Bonchev–Trinajstić information content (AvgIpc) is 2.83. The first-order valence-corrected chi connectivity index (χ1v) is 7.88. The summed E-state index contributed by atoms with van der Waals surface area (Å²) >= 11 is 1.17. The van der Waals surface area contributed by atoms with E-state index in [0.717, 1.165) is 18.5 Å². The number of aromatic nitrogens is 2. The minimum Gasteiger partial charge on any atom is -0.347 e. The lowest BCUT2D eigenvalue weighted by Gasteiger charge is -2.62. The van der Waals surface area contributed by atoms with Crippen molar-refractivity contribution in [2.75, 3.05) is 0 Å². The topological polar surface area (TPSA) is 80.9 Å². The summed E-state index contributed by atoms with van der Waals surface area (Å²) in [6.45, 7) is 10.5. The van der Waals surface area contributed by atoms with Crippen molar-refractivity contribution < 1.29 is 4.79 Å². The molecule has 20 heavy (non-hydrogen) atoms. The van der Waals surface area contributed by atoms with Crippen LogP contribution >= 0.6 is 11.5 Å². The molecule has 5 nitrogen and oxygen atoms in total. The largest absolute Gasteiger partial charge is 0.347 e. The quantitative estimate of drug-likeness (QED) is 0.890. The summed E-state index contributed by atoms with van der Waals surface area (Å²) in [6, 6.07) is 0.143. The lowest BCUT2D eigenvalue weighted by molar-refractivity contribution is -0.0663. The number of aryl methyl sites for hydroxylation is 1. The van der Waals surface area contributed by atoms with E-state index in [0.29, 0.717) is 4.88 Å². The molecular formula is C14H24N4OS. The molecule has 1 aliphatic rings. The molecule has 0 unspecified atom stereocenters. The second kappa shape index (κ2) is 5.07. The zero-order chi connectivity index (χ0) is 15.1. The third kappa shape index (κ3) is 2.24. The van der Waals surface area contributed by atoms with Gasteiger partial charge in [0.2, 0.25) is 0 Å². The van der Waals surface area contributed by atoms with Gasteiger partial charge < -0.3 is 11.1 Å². The molecule has 112 valence electrons. The number of nitrogens with two attached hydrogens (primary N) is 1. The van der Waals surface area contributed by atoms with Gasteiger partial charge in [0.15, 0.2) is 0 Å². The van der Waals surface area contributed by atoms with E-state index < -0.39 is 0 Å². The molecule has 1 aliphatic carbocycles. The van der Waals surface area contributed by atoms with Crippen LogP contribution in [0.4, 0.5) is 0 Å². The predicted octanol–water partition coefficient (Wildman–Crippen LogP) is 1.98. The van der Waals surface area contributed by atoms with E-state index in [9.17, 15) is 4.79 Å². The average molecular weight is 296 g/mol. The molecule has 1 aromatic rings. The van der Waals surface area contributed by atoms with Crippen LogP contribution in [0.25, 0.3) is 0 Å². The Morgan fingerprint density at radius 3 is 2.50 bits per heavy atom. The summed E-state index contributed by atoms with van der Waals surface area (Å²) < 4.78 is 3.91. The number of carbonyl (C=O) groups is 1. The molecule has 0 atom stereocenters. The van der Waals surface area contributed by atoms with E-state index in [-0.39, 0.29) is 28.8 Å². The van der Waals surface area contributed by atoms with Gasteiger partial charge in [-0.2, -0.15) is 0 Å². The van der Waals surface area contributed by atoms with Crippen molar-refractivity contribution in [2.24, 2.45) is 16.6 Å². The van der Waals surface area contributed by atoms with Gasteiger partial charge in [-0.25, -0.2) is 0 Å². The van der Waals surface area contributed by atoms with Crippen LogP contribution < -0.4 is 11.1 Å². The first kappa shape index (κ1) is 15.4. The Morgan fingerprint density at radius 2 is 1.95 bits per heavy atom. The van der Waals surface area contributed by atoms with Crippen LogP contribution in [0.1, 0.15) is 56.4 Å². The van der Waals surface area contributed by atoms with Crippen molar-refractivity contribution in [1.29, 1.82) is 0 Å². The molecule has 2 rings (SSSR count). The fourth-order valence-corrected chi connectivity index (χ4v) is 4.14. The molecule has 1 saturated carbocycles. The molecule has 3 N–H and O–H groups in total. The summed E-state index contributed by atoms with van der Waals surface area (Å²) in [6.07, 6.45) is 1.74. The first-order chi connectivity index (χ1) is 9.22. The number of hydrogen-bond acceptors (Lipinski definition) is 5. The number of nitrogens with one attached hydrogen (secondary N) is 1. The SMILES string of the molecule is CCCc1nnsc1C(=O)NC1C(C)(C)C(N)C1(C)C. The van der Waals surface area contributed by atoms with Crippen molar-refractivity contribution in [3.8, 4) is 0 Å². The van der Waals surface area contributed by atoms with Crippen LogP contribution in [0.2, 0.25) is 0 Å². The number of hydrogen-bond donors (Lipinski definition) is 2. The van der Waals surface area contributed by atoms with Gasteiger partial charge >= 0.3 is 0 Å². The maximum Gasteiger partial charge on any atom is 0.265 e. The van der Waals surface area contributed by atoms with Gasteiger partial charge in [-0.1, -0.05) is 45.5 Å². The molecule has 1 fully saturated rings. The van der Waals surface area contributed by atoms with Gasteiger partial charge in [0.05, 0.1) is 5.69 Å². The van der Waals surface area contributed by atoms with Gasteiger partial charge in [0.1, 0.15) is 4.88 Å². The van der Waals surface area contributed by atoms with E-state index in [1.54, 1.807) is 0 Å². The maximum atomic E-state index is 12.5. The molecule has 0 spiro atoms. The molecule has 0 aromatic carbocycles. The molecule has 1 heterocycles. The minimum absolute atomic E-state index is 0.0640. The highest BCUT2D eigenvalue weighted by molar-refractivity contribution is 7.08. The standard InChI is InChI=1S/C14H24N4OS/c1-6-7-8-9(20-18-17-8)10(19)16-12-13(2,3)11(15)14(12,4)5/h11-12H,6-7,15H2,1-5H3,(H,16,19). The highest BCUT2D eigenvalue weighted by Crippen LogP contribution is 2.52. The predicted molar refractivity (Wildman–Crippen MR) is 80.7 cm³/mol. The summed E-state index contributed by atoms with van der Waals surface area (Å²) in [5.41, 5.74) is 6.83. The zero-order valence-electron chi connectivity index (χ0n) is 12.9. The first-order valence-electron chi connectivity index (χ1n) is 7.10. The van der Waals surface area contributed by atoms with Crippen LogP contribution in [-0.4, -0.2) is 27.6 Å². The van der Waals surface area contributed by atoms with Gasteiger partial charge in [-0.15, -0.1) is 5.10 Å². The van der Waals surface area contributed by atoms with Crippen LogP contribution in [-0.2, 0) is 6.42 Å². The molecule has 0 bridgehead atoms. The van der Waals surface area contributed by atoms with Crippen LogP contribution in [0.3, 0.4) is 0 Å². The summed E-state index contributed by atoms with van der Waals surface area (Å²) in [5, 5.41) is 7.19. The van der Waals surface area contributed by atoms with Crippen molar-refractivity contribution in [3.05, 3.63) is 10.6 Å². The Hall–Kier alpha value is -1.01. The highest BCUT2D eigenvalue weighted by Gasteiger charge is 2.60. The van der Waals surface area contributed by atoms with E-state index >= 15 is 0 Å². The molecule has 1 amide bonds. The van der Waals surface area contributed by atoms with Crippen LogP contribution in [0, 0.1) is 10.8 Å². The zero-order valence-corrected chi connectivity index (χ0v) is 13.7. The second-order valence-electron chi connectivity index (χ2n) is 6.83. The molecular weight excluding hydrogens is 272 g/mol. The number of amides is 1. The third-order valence-electron chi connectivity index (χ3n) is 4.62. The van der Waals surface area contributed by atoms with Crippen molar-refractivity contribution in [2.45, 2.75) is 59.5 Å². The van der Waals surface area contributed by atoms with Crippen molar-refractivity contribution in [1.82, 2.24) is 14.9 Å². The van der Waals surface area contributed by atoms with E-state index in [4.69, 9.17) is 5.73 Å². The fraction of sp³-hybridized carbons (Fsp3) is 0.786. The highest BCUT2D eigenvalue weighted by atomic mass is 32.1. The summed E-state index contributed by atoms with van der Waals surface area (Å²) in [5.74, 6) is -0.0681. The second-order valence-corrected chi connectivity index (χ2v) is 7.58. The minimum atomic E-state index is -0.0950. The van der Waals surface area contributed by atoms with Gasteiger partial charge in [-0.3, -0.25) is 4.79 Å². The lowest BCUT2D eigenvalue weighted by atomic mass is 9.48. The normalized spacial score (nSPS) is 26.9. The Labute approximate surface area is 124 Å². The van der Waals surface area contributed by atoms with Crippen molar-refractivity contribution >= 4 is 17.4 Å². The van der Waals surface area contributed by atoms with Crippen LogP contribution in [0.15, 0.2) is 0 Å². The van der Waals surface area contributed by atoms with Crippen LogP contribution in [0.5, 0.6) is 0 Å². The molecule has 0 saturated heterocycles. The van der Waals surface area contributed by atoms with E-state index in [2.05, 4.69) is 49.5 Å². The fourth-order valence-electron chi connectivity index (χ4n) is 3.53. The van der Waals surface area contributed by atoms with E-state index in [1.807, 2.05) is 0 Å². The van der Waals surface area contributed by atoms with Crippen molar-refractivity contribution in [3.63, 3.8) is 0 Å². The Balaban J connectivity index is 2.14. The van der Waals surface area contributed by atoms with E-state index in [1.165, 1.54) is 11.5 Å². The summed E-state index contributed by atoms with van der Waals surface area (Å²) in [7, 11) is 0.